The van der Waals surface area contributed by atoms with Crippen molar-refractivity contribution in [2.75, 3.05) is 55.7 Å². The van der Waals surface area contributed by atoms with Gasteiger partial charge in [0, 0.05) is 50.5 Å². The van der Waals surface area contributed by atoms with Crippen LogP contribution in [0.1, 0.15) is 43.4 Å². The molecule has 4 heterocycles. The summed E-state index contributed by atoms with van der Waals surface area (Å²) >= 11 is 0. The Morgan fingerprint density at radius 1 is 1.00 bits per heavy atom. The molecule has 3 aliphatic heterocycles. The second-order valence-corrected chi connectivity index (χ2v) is 8.32. The number of hydrogen-bond donors (Lipinski definition) is 1. The lowest BCUT2D eigenvalue weighted by Crippen LogP contribution is -2.50. The van der Waals surface area contributed by atoms with Gasteiger partial charge >= 0.3 is 0 Å². The molecule has 27 heavy (non-hydrogen) atoms. The van der Waals surface area contributed by atoms with Gasteiger partial charge in [-0.3, -0.25) is 4.79 Å². The Balaban J connectivity index is 1.59. The molecule has 0 bridgehead atoms. The number of aryl methyl sites for hydroxylation is 1. The van der Waals surface area contributed by atoms with E-state index in [1.165, 1.54) is 12.8 Å². The average Bonchev–Trinajstić information content (AvgIpc) is 3.32. The first-order valence-corrected chi connectivity index (χ1v) is 10.3. The smallest absolute Gasteiger partial charge is 0.230 e. The predicted octanol–water partition coefficient (Wildman–Crippen LogP) is 1.50. The van der Waals surface area contributed by atoms with Crippen LogP contribution in [0.3, 0.4) is 0 Å². The topological polar surface area (TPSA) is 72.8 Å². The fourth-order valence-corrected chi connectivity index (χ4v) is 4.88. The number of β-amino-alcohol motifs (C(OH)–C–C–N with tert-alkyl or cyclic N) is 1. The first-order chi connectivity index (χ1) is 13.0. The summed E-state index contributed by atoms with van der Waals surface area (Å²) in [5, 5.41) is 9.27. The number of likely N-dealkylation sites (tertiary alicyclic amines) is 1. The molecule has 1 N–H and O–H groups in total. The van der Waals surface area contributed by atoms with E-state index in [0.717, 1.165) is 75.0 Å². The van der Waals surface area contributed by atoms with Gasteiger partial charge in [-0.2, -0.15) is 4.98 Å². The van der Waals surface area contributed by atoms with Gasteiger partial charge in [0.15, 0.2) is 0 Å². The van der Waals surface area contributed by atoms with E-state index < -0.39 is 0 Å². The normalized spacial score (nSPS) is 25.9. The van der Waals surface area contributed by atoms with Crippen molar-refractivity contribution in [2.24, 2.45) is 5.41 Å². The molecule has 1 atom stereocenters. The molecule has 7 heteroatoms. The Labute approximate surface area is 161 Å². The van der Waals surface area contributed by atoms with Crippen LogP contribution >= 0.6 is 0 Å². The van der Waals surface area contributed by atoms with Crippen LogP contribution < -0.4 is 9.80 Å². The van der Waals surface area contributed by atoms with Crippen molar-refractivity contribution in [1.82, 2.24) is 14.9 Å². The van der Waals surface area contributed by atoms with Crippen molar-refractivity contribution in [3.05, 3.63) is 11.3 Å². The van der Waals surface area contributed by atoms with Gasteiger partial charge in [0.25, 0.3) is 0 Å². The fraction of sp³-hybridized carbons (Fsp3) is 0.750. The summed E-state index contributed by atoms with van der Waals surface area (Å²) in [6.07, 6.45) is 5.23. The SMILES string of the molecule is Cc1nc(N2CCCC2)nc(N2CC[C@@]3(CCCN(CCO)C3=O)C2)c1C. The lowest BCUT2D eigenvalue weighted by Gasteiger charge is -2.39. The third-order valence-electron chi connectivity index (χ3n) is 6.59. The molecule has 3 aliphatic rings. The average molecular weight is 374 g/mol. The molecule has 1 aromatic heterocycles. The number of rotatable bonds is 4. The molecule has 3 saturated heterocycles. The zero-order valence-electron chi connectivity index (χ0n) is 16.6. The molecule has 3 fully saturated rings. The van der Waals surface area contributed by atoms with Gasteiger partial charge in [0.1, 0.15) is 5.82 Å². The van der Waals surface area contributed by atoms with Gasteiger partial charge in [-0.1, -0.05) is 0 Å². The number of aliphatic hydroxyl groups is 1. The molecule has 148 valence electrons. The number of hydrogen-bond acceptors (Lipinski definition) is 6. The molecule has 1 spiro atoms. The third-order valence-corrected chi connectivity index (χ3v) is 6.59. The second kappa shape index (κ2) is 7.26. The van der Waals surface area contributed by atoms with Crippen LogP contribution in [0.25, 0.3) is 0 Å². The van der Waals surface area contributed by atoms with Crippen molar-refractivity contribution in [2.45, 2.75) is 46.0 Å². The number of aromatic nitrogens is 2. The summed E-state index contributed by atoms with van der Waals surface area (Å²) in [7, 11) is 0. The van der Waals surface area contributed by atoms with Crippen molar-refractivity contribution in [3.63, 3.8) is 0 Å². The van der Waals surface area contributed by atoms with Crippen LogP contribution in [0.2, 0.25) is 0 Å². The second-order valence-electron chi connectivity index (χ2n) is 8.32. The number of carbonyl (C=O) groups is 1. The van der Waals surface area contributed by atoms with Gasteiger partial charge in [-0.05, 0) is 46.0 Å². The Hall–Kier alpha value is -1.89. The van der Waals surface area contributed by atoms with Crippen LogP contribution in [-0.4, -0.2) is 71.8 Å². The summed E-state index contributed by atoms with van der Waals surface area (Å²) in [4.78, 5) is 29.2. The standard InChI is InChI=1S/C20H31N5O2/c1-15-16(2)21-19(24-8-3-4-9-24)22-17(15)25-11-7-20(14-25)6-5-10-23(12-13-26)18(20)27/h26H,3-14H2,1-2H3/t20-/m0/s1. The van der Waals surface area contributed by atoms with Crippen LogP contribution in [0, 0.1) is 19.3 Å². The summed E-state index contributed by atoms with van der Waals surface area (Å²) in [5.41, 5.74) is 1.83. The number of amides is 1. The van der Waals surface area contributed by atoms with E-state index >= 15 is 0 Å². The van der Waals surface area contributed by atoms with Crippen LogP contribution in [0.15, 0.2) is 0 Å². The zero-order valence-corrected chi connectivity index (χ0v) is 16.6. The molecular weight excluding hydrogens is 342 g/mol. The minimum atomic E-state index is -0.313. The molecule has 0 aliphatic carbocycles. The predicted molar refractivity (Wildman–Crippen MR) is 105 cm³/mol. The monoisotopic (exact) mass is 373 g/mol. The molecule has 0 radical (unpaired) electrons. The molecule has 0 aromatic carbocycles. The Bertz CT molecular complexity index is 717. The van der Waals surface area contributed by atoms with Gasteiger partial charge in [0.05, 0.1) is 12.0 Å². The Morgan fingerprint density at radius 2 is 1.78 bits per heavy atom. The fourth-order valence-electron chi connectivity index (χ4n) is 4.88. The van der Waals surface area contributed by atoms with Crippen molar-refractivity contribution < 1.29 is 9.90 Å². The van der Waals surface area contributed by atoms with E-state index in [4.69, 9.17) is 9.97 Å². The van der Waals surface area contributed by atoms with E-state index in [9.17, 15) is 9.90 Å². The molecule has 0 unspecified atom stereocenters. The van der Waals surface area contributed by atoms with Crippen molar-refractivity contribution in [3.8, 4) is 0 Å². The molecule has 7 nitrogen and oxygen atoms in total. The van der Waals surface area contributed by atoms with E-state index in [-0.39, 0.29) is 17.9 Å². The van der Waals surface area contributed by atoms with Gasteiger partial charge < -0.3 is 19.8 Å². The zero-order chi connectivity index (χ0) is 19.0. The summed E-state index contributed by atoms with van der Waals surface area (Å²) < 4.78 is 0. The first kappa shape index (κ1) is 18.5. The van der Waals surface area contributed by atoms with Crippen LogP contribution in [0.5, 0.6) is 0 Å². The maximum absolute atomic E-state index is 13.1. The molecule has 1 amide bonds. The van der Waals surface area contributed by atoms with Crippen molar-refractivity contribution in [1.29, 1.82) is 0 Å². The minimum absolute atomic E-state index is 0.0366. The lowest BCUT2D eigenvalue weighted by molar-refractivity contribution is -0.145. The first-order valence-electron chi connectivity index (χ1n) is 10.3. The van der Waals surface area contributed by atoms with E-state index in [1.807, 2.05) is 4.90 Å². The minimum Gasteiger partial charge on any atom is -0.395 e. The number of anilines is 2. The number of aliphatic hydroxyl groups excluding tert-OH is 1. The maximum atomic E-state index is 13.1. The van der Waals surface area contributed by atoms with Gasteiger partial charge in [-0.25, -0.2) is 4.98 Å². The maximum Gasteiger partial charge on any atom is 0.230 e. The quantitative estimate of drug-likeness (QED) is 0.862. The van der Waals surface area contributed by atoms with Gasteiger partial charge in [0.2, 0.25) is 11.9 Å². The van der Waals surface area contributed by atoms with Crippen LogP contribution in [0.4, 0.5) is 11.8 Å². The molecular formula is C20H31N5O2. The van der Waals surface area contributed by atoms with E-state index in [0.29, 0.717) is 6.54 Å². The summed E-state index contributed by atoms with van der Waals surface area (Å²) in [5.74, 6) is 2.05. The number of piperidine rings is 1. The number of nitrogens with zero attached hydrogens (tertiary/aromatic N) is 5. The lowest BCUT2D eigenvalue weighted by atomic mass is 9.78. The Morgan fingerprint density at radius 3 is 2.52 bits per heavy atom. The van der Waals surface area contributed by atoms with Crippen LogP contribution in [-0.2, 0) is 4.79 Å². The summed E-state index contributed by atoms with van der Waals surface area (Å²) in [6, 6.07) is 0. The molecule has 1 aromatic rings. The van der Waals surface area contributed by atoms with E-state index in [2.05, 4.69) is 23.6 Å². The molecule has 4 rings (SSSR count). The number of carbonyl (C=O) groups excluding carboxylic acids is 1. The van der Waals surface area contributed by atoms with Crippen molar-refractivity contribution >= 4 is 17.7 Å². The highest BCUT2D eigenvalue weighted by Gasteiger charge is 2.48. The highest BCUT2D eigenvalue weighted by molar-refractivity contribution is 5.85. The van der Waals surface area contributed by atoms with E-state index in [1.54, 1.807) is 0 Å². The highest BCUT2D eigenvalue weighted by atomic mass is 16.3. The Kier molecular flexibility index (Phi) is 4.97. The third kappa shape index (κ3) is 3.26. The highest BCUT2D eigenvalue weighted by Crippen LogP contribution is 2.42. The summed E-state index contributed by atoms with van der Waals surface area (Å²) in [6.45, 7) is 9.04. The largest absolute Gasteiger partial charge is 0.395 e. The van der Waals surface area contributed by atoms with Gasteiger partial charge in [-0.15, -0.1) is 0 Å². The molecule has 0 saturated carbocycles.